The minimum Gasteiger partial charge on any atom is -0.481 e. The molecule has 0 radical (unpaired) electrons. The van der Waals surface area contributed by atoms with Gasteiger partial charge in [0.1, 0.15) is 10.4 Å². The van der Waals surface area contributed by atoms with Gasteiger partial charge in [-0.05, 0) is 45.7 Å². The molecule has 4 heterocycles. The third-order valence-electron chi connectivity index (χ3n) is 5.44. The molecule has 0 atom stereocenters. The summed E-state index contributed by atoms with van der Waals surface area (Å²) in [6, 6.07) is 5.96. The molecule has 174 valence electrons. The Bertz CT molecular complexity index is 1150. The highest BCUT2D eigenvalue weighted by atomic mass is 32.1. The zero-order valence-corrected chi connectivity index (χ0v) is 20.1. The van der Waals surface area contributed by atoms with Gasteiger partial charge in [-0.2, -0.15) is 0 Å². The molecule has 3 aromatic heterocycles. The minimum absolute atomic E-state index is 0.138. The van der Waals surface area contributed by atoms with Crippen LogP contribution in [0.15, 0.2) is 30.6 Å². The second-order valence-corrected chi connectivity index (χ2v) is 10.0. The maximum absolute atomic E-state index is 12.3. The fourth-order valence-electron chi connectivity index (χ4n) is 3.78. The number of aldehydes is 1. The Hall–Kier alpha value is -3.20. The lowest BCUT2D eigenvalue weighted by atomic mass is 10.0. The SMILES string of the molecule is COc1ccc(-c2cc3c(NC4CCN(C(=O)OC(C)(C)C)CC4)c(C=O)cnc3s2)cn1. The first-order valence-electron chi connectivity index (χ1n) is 10.9. The summed E-state index contributed by atoms with van der Waals surface area (Å²) in [7, 11) is 1.59. The lowest BCUT2D eigenvalue weighted by Gasteiger charge is -2.34. The molecule has 4 rings (SSSR count). The summed E-state index contributed by atoms with van der Waals surface area (Å²) >= 11 is 1.55. The number of likely N-dealkylation sites (tertiary alicyclic amines) is 1. The van der Waals surface area contributed by atoms with Gasteiger partial charge in [-0.25, -0.2) is 14.8 Å². The first-order chi connectivity index (χ1) is 15.8. The highest BCUT2D eigenvalue weighted by Gasteiger charge is 2.27. The van der Waals surface area contributed by atoms with Gasteiger partial charge in [0, 0.05) is 53.4 Å². The molecule has 0 saturated carbocycles. The van der Waals surface area contributed by atoms with E-state index in [1.807, 2.05) is 39.0 Å². The van der Waals surface area contributed by atoms with E-state index in [0.717, 1.165) is 45.5 Å². The first kappa shape index (κ1) is 23.0. The van der Waals surface area contributed by atoms with Gasteiger partial charge < -0.3 is 19.7 Å². The topological polar surface area (TPSA) is 93.7 Å². The standard InChI is InChI=1S/C24H28N4O4S/c1-24(2,3)32-23(30)28-9-7-17(8-10-28)27-21-16(14-29)13-26-22-18(21)11-19(33-22)15-5-6-20(31-4)25-12-15/h5-6,11-14,17H,7-10H2,1-4H3,(H,26,27). The molecule has 0 aromatic carbocycles. The zero-order valence-electron chi connectivity index (χ0n) is 19.3. The average molecular weight is 469 g/mol. The van der Waals surface area contributed by atoms with E-state index in [9.17, 15) is 9.59 Å². The van der Waals surface area contributed by atoms with Crippen molar-refractivity contribution < 1.29 is 19.1 Å². The monoisotopic (exact) mass is 468 g/mol. The van der Waals surface area contributed by atoms with Crippen molar-refractivity contribution in [1.82, 2.24) is 14.9 Å². The number of piperidine rings is 1. The summed E-state index contributed by atoms with van der Waals surface area (Å²) in [5.74, 6) is 0.557. The van der Waals surface area contributed by atoms with Gasteiger partial charge in [0.05, 0.1) is 18.4 Å². The van der Waals surface area contributed by atoms with Crippen molar-refractivity contribution >= 4 is 39.6 Å². The van der Waals surface area contributed by atoms with Gasteiger partial charge in [-0.3, -0.25) is 4.79 Å². The van der Waals surface area contributed by atoms with Crippen LogP contribution in [0.1, 0.15) is 44.0 Å². The zero-order chi connectivity index (χ0) is 23.6. The fourth-order valence-corrected chi connectivity index (χ4v) is 4.78. The molecule has 1 fully saturated rings. The first-order valence-corrected chi connectivity index (χ1v) is 11.7. The van der Waals surface area contributed by atoms with Gasteiger partial charge in [-0.15, -0.1) is 11.3 Å². The predicted octanol–water partition coefficient (Wildman–Crippen LogP) is 4.99. The van der Waals surface area contributed by atoms with Crippen LogP contribution in [-0.2, 0) is 4.74 Å². The number of carbonyl (C=O) groups excluding carboxylic acids is 2. The van der Waals surface area contributed by atoms with E-state index in [2.05, 4.69) is 15.3 Å². The summed E-state index contributed by atoms with van der Waals surface area (Å²) in [6.45, 7) is 6.80. The molecule has 8 nitrogen and oxygen atoms in total. The molecule has 3 aromatic rings. The van der Waals surface area contributed by atoms with E-state index in [4.69, 9.17) is 9.47 Å². The summed E-state index contributed by atoms with van der Waals surface area (Å²) < 4.78 is 10.6. The molecule has 0 aliphatic carbocycles. The highest BCUT2D eigenvalue weighted by molar-refractivity contribution is 7.21. The number of hydrogen-bond acceptors (Lipinski definition) is 8. The normalized spacial score (nSPS) is 14.8. The van der Waals surface area contributed by atoms with E-state index in [-0.39, 0.29) is 12.1 Å². The number of rotatable bonds is 5. The number of ether oxygens (including phenoxy) is 2. The summed E-state index contributed by atoms with van der Waals surface area (Å²) in [4.78, 5) is 36.5. The largest absolute Gasteiger partial charge is 0.481 e. The van der Waals surface area contributed by atoms with Crippen LogP contribution in [0.2, 0.25) is 0 Å². The Morgan fingerprint density at radius 2 is 1.97 bits per heavy atom. The number of thiophene rings is 1. The lowest BCUT2D eigenvalue weighted by Crippen LogP contribution is -2.44. The minimum atomic E-state index is -0.510. The van der Waals surface area contributed by atoms with Gasteiger partial charge >= 0.3 is 6.09 Å². The van der Waals surface area contributed by atoms with E-state index in [1.54, 1.807) is 35.7 Å². The third kappa shape index (κ3) is 5.24. The summed E-state index contributed by atoms with van der Waals surface area (Å²) in [5.41, 5.74) is 1.76. The molecule has 9 heteroatoms. The van der Waals surface area contributed by atoms with Crippen molar-refractivity contribution in [1.29, 1.82) is 0 Å². The predicted molar refractivity (Wildman–Crippen MR) is 129 cm³/mol. The molecule has 1 amide bonds. The molecular formula is C24H28N4O4S. The van der Waals surface area contributed by atoms with Gasteiger partial charge in [-0.1, -0.05) is 0 Å². The van der Waals surface area contributed by atoms with E-state index in [1.165, 1.54) is 0 Å². The van der Waals surface area contributed by atoms with Crippen molar-refractivity contribution in [3.8, 4) is 16.3 Å². The Balaban J connectivity index is 1.53. The Kier molecular flexibility index (Phi) is 6.51. The van der Waals surface area contributed by atoms with Crippen molar-refractivity contribution in [3.05, 3.63) is 36.2 Å². The van der Waals surface area contributed by atoms with E-state index >= 15 is 0 Å². The molecule has 0 bridgehead atoms. The molecule has 1 saturated heterocycles. The van der Waals surface area contributed by atoms with Crippen molar-refractivity contribution in [3.63, 3.8) is 0 Å². The highest BCUT2D eigenvalue weighted by Crippen LogP contribution is 2.38. The van der Waals surface area contributed by atoms with Crippen LogP contribution < -0.4 is 10.1 Å². The Morgan fingerprint density at radius 3 is 2.58 bits per heavy atom. The summed E-state index contributed by atoms with van der Waals surface area (Å²) in [6.07, 6.45) is 5.46. The molecule has 0 unspecified atom stereocenters. The quantitative estimate of drug-likeness (QED) is 0.527. The summed E-state index contributed by atoms with van der Waals surface area (Å²) in [5, 5.41) is 4.46. The number of nitrogens with one attached hydrogen (secondary N) is 1. The second kappa shape index (κ2) is 9.35. The van der Waals surface area contributed by atoms with Crippen LogP contribution >= 0.6 is 11.3 Å². The Labute approximate surface area is 196 Å². The molecular weight excluding hydrogens is 440 g/mol. The smallest absolute Gasteiger partial charge is 0.410 e. The molecule has 1 aliphatic heterocycles. The maximum Gasteiger partial charge on any atom is 0.410 e. The number of carbonyl (C=O) groups is 2. The van der Waals surface area contributed by atoms with Crippen LogP contribution in [0.5, 0.6) is 5.88 Å². The number of fused-ring (bicyclic) bond motifs is 1. The average Bonchev–Trinajstić information content (AvgIpc) is 3.23. The number of amides is 1. The van der Waals surface area contributed by atoms with Crippen molar-refractivity contribution in [2.75, 3.05) is 25.5 Å². The number of nitrogens with zero attached hydrogens (tertiary/aromatic N) is 3. The fraction of sp³-hybridized carbons (Fsp3) is 0.417. The van der Waals surface area contributed by atoms with Gasteiger partial charge in [0.15, 0.2) is 6.29 Å². The number of pyridine rings is 2. The number of aromatic nitrogens is 2. The molecule has 0 spiro atoms. The maximum atomic E-state index is 12.3. The van der Waals surface area contributed by atoms with Crippen LogP contribution in [0.25, 0.3) is 20.7 Å². The van der Waals surface area contributed by atoms with E-state index in [0.29, 0.717) is 24.5 Å². The Morgan fingerprint density at radius 1 is 1.21 bits per heavy atom. The van der Waals surface area contributed by atoms with Crippen LogP contribution in [-0.4, -0.2) is 59.1 Å². The second-order valence-electron chi connectivity index (χ2n) is 9.01. The lowest BCUT2D eigenvalue weighted by molar-refractivity contribution is 0.0210. The van der Waals surface area contributed by atoms with Crippen molar-refractivity contribution in [2.45, 2.75) is 45.3 Å². The molecule has 1 aliphatic rings. The molecule has 1 N–H and O–H groups in total. The van der Waals surface area contributed by atoms with Crippen LogP contribution in [0.4, 0.5) is 10.5 Å². The number of methoxy groups -OCH3 is 1. The number of anilines is 1. The van der Waals surface area contributed by atoms with Gasteiger partial charge in [0.2, 0.25) is 5.88 Å². The molecule has 33 heavy (non-hydrogen) atoms. The van der Waals surface area contributed by atoms with Gasteiger partial charge in [0.25, 0.3) is 0 Å². The van der Waals surface area contributed by atoms with E-state index < -0.39 is 5.60 Å². The van der Waals surface area contributed by atoms with Crippen LogP contribution in [0, 0.1) is 0 Å². The number of hydrogen-bond donors (Lipinski definition) is 1. The third-order valence-corrected chi connectivity index (χ3v) is 6.54. The van der Waals surface area contributed by atoms with Crippen LogP contribution in [0.3, 0.4) is 0 Å². The van der Waals surface area contributed by atoms with Crippen molar-refractivity contribution in [2.24, 2.45) is 0 Å².